The largest absolute Gasteiger partial charge is 0.511 e. The number of aliphatic hydroxyl groups excluding tert-OH is 1. The van der Waals surface area contributed by atoms with Crippen LogP contribution in [0.5, 0.6) is 11.8 Å². The Bertz CT molecular complexity index is 4440. The molecule has 3 unspecified atom stereocenters. The van der Waals surface area contributed by atoms with Gasteiger partial charge < -0.3 is 33.6 Å². The third-order valence-corrected chi connectivity index (χ3v) is 19.3. The minimum Gasteiger partial charge on any atom is -0.511 e. The van der Waals surface area contributed by atoms with Gasteiger partial charge in [-0.2, -0.15) is 40.0 Å². The molecular weight excluding hydrogens is 1480 g/mol. The van der Waals surface area contributed by atoms with Gasteiger partial charge in [-0.05, 0) is 113 Å². The van der Waals surface area contributed by atoms with Gasteiger partial charge in [-0.1, -0.05) is 61.6 Å². The Kier molecular flexibility index (Phi) is 32.2. The number of Topliss-reactive ketones (excluding diaryl/α,β-unsaturated/α-hetero) is 1. The number of anilines is 2. The van der Waals surface area contributed by atoms with Crippen LogP contribution in [0.15, 0.2) is 96.8 Å². The molecule has 0 spiro atoms. The van der Waals surface area contributed by atoms with Gasteiger partial charge in [-0.3, -0.25) is 29.5 Å². The van der Waals surface area contributed by atoms with Crippen molar-refractivity contribution in [1.82, 2.24) is 29.2 Å². The number of thioether (sulfide) groups is 1. The van der Waals surface area contributed by atoms with Gasteiger partial charge in [0.25, 0.3) is 15.6 Å². The van der Waals surface area contributed by atoms with E-state index in [9.17, 15) is 77.1 Å². The van der Waals surface area contributed by atoms with Crippen LogP contribution in [0, 0.1) is 12.8 Å². The Hall–Kier alpha value is -8.62. The third kappa shape index (κ3) is 24.5. The number of esters is 3. The smallest absolute Gasteiger partial charge is 0.416 e. The number of aromatic amines is 1. The van der Waals surface area contributed by atoms with Crippen molar-refractivity contribution in [3.05, 3.63) is 126 Å². The van der Waals surface area contributed by atoms with Crippen molar-refractivity contribution in [2.75, 3.05) is 69.7 Å². The number of H-pyrrole nitrogens is 1. The first-order valence-corrected chi connectivity index (χ1v) is 38.3. The molecule has 103 heavy (non-hydrogen) atoms. The van der Waals surface area contributed by atoms with Crippen LogP contribution in [0.2, 0.25) is 10.0 Å². The number of urea groups is 1. The Morgan fingerprint density at radius 1 is 0.845 bits per heavy atom. The van der Waals surface area contributed by atoms with E-state index in [4.69, 9.17) is 47.0 Å². The maximum Gasteiger partial charge on any atom is 0.416 e. The molecule has 5 N–H and O–H groups in total. The highest BCUT2D eigenvalue weighted by Gasteiger charge is 2.50. The second kappa shape index (κ2) is 38.2. The molecule has 3 atom stereocenters. The van der Waals surface area contributed by atoms with Crippen molar-refractivity contribution in [2.45, 2.75) is 127 Å². The predicted molar refractivity (Wildman–Crippen MR) is 379 cm³/mol. The summed E-state index contributed by atoms with van der Waals surface area (Å²) in [4.78, 5) is 97.3. The van der Waals surface area contributed by atoms with Crippen molar-refractivity contribution in [2.24, 2.45) is 23.2 Å². The van der Waals surface area contributed by atoms with Gasteiger partial charge in [0, 0.05) is 60.6 Å². The molecule has 2 aliphatic rings. The number of ketones is 2. The maximum absolute atomic E-state index is 12.9. The molecule has 0 fully saturated rings. The number of benzene rings is 3. The molecule has 30 nitrogen and oxygen atoms in total. The van der Waals surface area contributed by atoms with Crippen LogP contribution in [-0.4, -0.2) is 167 Å². The van der Waals surface area contributed by atoms with E-state index in [2.05, 4.69) is 53.9 Å². The number of carbonyl (C=O) groups excluding carboxylic acids is 6. The van der Waals surface area contributed by atoms with Crippen molar-refractivity contribution >= 4 is 123 Å². The van der Waals surface area contributed by atoms with Crippen LogP contribution in [0.25, 0.3) is 0 Å². The van der Waals surface area contributed by atoms with Gasteiger partial charge >= 0.3 is 30.1 Å². The zero-order valence-electron chi connectivity index (χ0n) is 58.6. The number of methoxy groups -OCH3 is 3. The van der Waals surface area contributed by atoms with Gasteiger partial charge in [0.2, 0.25) is 33.5 Å². The summed E-state index contributed by atoms with van der Waals surface area (Å²) in [7, 11) is -7.30. The van der Waals surface area contributed by atoms with Gasteiger partial charge in [-0.15, -0.1) is 0 Å². The lowest BCUT2D eigenvalue weighted by Gasteiger charge is -2.32. The van der Waals surface area contributed by atoms with E-state index in [1.54, 1.807) is 43.7 Å². The van der Waals surface area contributed by atoms with E-state index in [-0.39, 0.29) is 89.4 Å². The first-order valence-electron chi connectivity index (χ1n) is 31.2. The average molecular weight is 1570 g/mol. The minimum atomic E-state index is -4.76. The number of sulfone groups is 1. The van der Waals surface area contributed by atoms with Crippen LogP contribution in [0.4, 0.5) is 29.6 Å². The lowest BCUT2D eigenvalue weighted by molar-refractivity contribution is -0.148. The topological polar surface area (TPSA) is 408 Å². The van der Waals surface area contributed by atoms with Crippen molar-refractivity contribution in [3.8, 4) is 11.8 Å². The van der Waals surface area contributed by atoms with E-state index in [0.29, 0.717) is 76.5 Å². The number of nitrogens with one attached hydrogen (secondary N) is 4. The predicted octanol–water partition coefficient (Wildman–Crippen LogP) is 9.46. The summed E-state index contributed by atoms with van der Waals surface area (Å²) in [6.07, 6.45) is 0.476. The normalized spacial score (nSPS) is 15.7. The lowest BCUT2D eigenvalue weighted by atomic mass is 9.82. The molecule has 5 aromatic rings. The van der Waals surface area contributed by atoms with E-state index in [1.165, 1.54) is 45.3 Å². The number of halogens is 5. The molecule has 2 amide bonds. The lowest BCUT2D eigenvalue weighted by Crippen LogP contribution is -2.48. The molecule has 3 heterocycles. The van der Waals surface area contributed by atoms with Gasteiger partial charge in [0.1, 0.15) is 28.5 Å². The molecule has 1 aliphatic carbocycles. The number of amides is 2. The summed E-state index contributed by atoms with van der Waals surface area (Å²) in [6, 6.07) is 10.2. The van der Waals surface area contributed by atoms with Crippen LogP contribution >= 0.6 is 35.0 Å². The number of hydrogen-bond acceptors (Lipinski definition) is 26. The number of aryl methyl sites for hydroxylation is 2. The van der Waals surface area contributed by atoms with Crippen molar-refractivity contribution < 1.29 is 101 Å². The van der Waals surface area contributed by atoms with Crippen LogP contribution in [0.1, 0.15) is 130 Å². The second-order valence-corrected chi connectivity index (χ2v) is 30.6. The van der Waals surface area contributed by atoms with Gasteiger partial charge in [0.15, 0.2) is 21.2 Å². The number of sulfonamides is 2. The molecule has 566 valence electrons. The van der Waals surface area contributed by atoms with Crippen LogP contribution < -0.4 is 34.8 Å². The molecule has 39 heteroatoms. The molecular formula is C64H81Cl2F3N10O20S4. The fourth-order valence-corrected chi connectivity index (χ4v) is 13.9. The number of ether oxygens (including phenoxy) is 5. The molecule has 0 saturated heterocycles. The number of hydrogen-bond donors (Lipinski definition) is 5. The molecule has 7 rings (SSSR count). The summed E-state index contributed by atoms with van der Waals surface area (Å²) in [5.74, 6) is -1.73. The molecule has 0 radical (unpaired) electrons. The molecule has 3 aromatic carbocycles. The Morgan fingerprint density at radius 3 is 1.99 bits per heavy atom. The Balaban J connectivity index is 0.000000295. The molecule has 2 aromatic heterocycles. The summed E-state index contributed by atoms with van der Waals surface area (Å²) in [6.45, 7) is 15.3. The van der Waals surface area contributed by atoms with Crippen molar-refractivity contribution in [1.29, 1.82) is 0 Å². The fourth-order valence-electron chi connectivity index (χ4n) is 9.94. The second-order valence-electron chi connectivity index (χ2n) is 22.6. The highest BCUT2D eigenvalue weighted by Crippen LogP contribution is 2.40. The number of aliphatic hydroxyl groups is 1. The summed E-state index contributed by atoms with van der Waals surface area (Å²) in [5, 5.41) is 26.1. The number of oxime groups is 1. The number of nitrogens with zero attached hydrogens (tertiary/aromatic N) is 6. The monoisotopic (exact) mass is 1560 g/mol. The zero-order valence-corrected chi connectivity index (χ0v) is 63.4. The molecule has 0 saturated carbocycles. The summed E-state index contributed by atoms with van der Waals surface area (Å²) in [5.41, 5.74) is -2.28. The summed E-state index contributed by atoms with van der Waals surface area (Å²) < 4.78 is 140. The highest BCUT2D eigenvalue weighted by molar-refractivity contribution is 7.99. The Labute approximate surface area is 607 Å². The van der Waals surface area contributed by atoms with E-state index in [0.717, 1.165) is 54.8 Å². The summed E-state index contributed by atoms with van der Waals surface area (Å²) >= 11 is 14.1. The highest BCUT2D eigenvalue weighted by atomic mass is 35.5. The van der Waals surface area contributed by atoms with Gasteiger partial charge in [0.05, 0.1) is 84.9 Å². The number of aromatic nitrogens is 4. The van der Waals surface area contributed by atoms with Crippen LogP contribution in [0.3, 0.4) is 0 Å². The average Bonchev–Trinajstić information content (AvgIpc) is 1.66. The molecule has 0 bridgehead atoms. The number of alkyl halides is 3. The van der Waals surface area contributed by atoms with Crippen molar-refractivity contribution in [3.63, 3.8) is 0 Å². The number of carbonyl (C=O) groups is 6. The quantitative estimate of drug-likeness (QED) is 0.0113. The maximum atomic E-state index is 12.9. The number of rotatable bonds is 26. The van der Waals surface area contributed by atoms with Crippen LogP contribution in [-0.2, 0) is 83.1 Å². The number of allylic oxidation sites excluding steroid dienone is 2. The standard InChI is InChI=1S/C17H21N5O9S2.C17H29NO3S.C16H18Cl2N2O4.C14H13F3N2O4S/c1-29-13-8-14(30-2)20-16(19-13)21-17(24)22-33(27,28)12-7-10(9-18-32(4,25)26)5-6-11(12)15(23)31-3;1-5-8-14(18-21-6-2)17-15(19)10-13(11-16(17)20)9-12(4)22-7-3;1-4-23-14(21)12-9-16(3,15(22)24-5-2)20(19-12)13-7-6-10(17)8-11(13)18;1-7-11(13(21)19(2)18-7)12(20)9-5-4-8(14(15,16)17)6-10(9)24(3,22)23/h5-8,18H,9H2,1-4H3,(H2,19,20,21,22,24);12-13,19H,5-11H2,1-4H3;6-8H,4-5,9H2,1-3H3;4-6,18H,1-3H3/b;18-14-;;. The zero-order chi connectivity index (χ0) is 77.7. The minimum absolute atomic E-state index is 0.00866. The third-order valence-electron chi connectivity index (χ3n) is 14.5. The van der Waals surface area contributed by atoms with E-state index < -0.39 is 97.8 Å². The number of hydrazone groups is 1. The van der Waals surface area contributed by atoms with E-state index in [1.807, 2.05) is 25.6 Å². The molecule has 1 aliphatic heterocycles. The Morgan fingerprint density at radius 2 is 1.48 bits per heavy atom. The fraction of sp³-hybridized carbons (Fsp3) is 0.453. The first-order chi connectivity index (χ1) is 48.1. The van der Waals surface area contributed by atoms with E-state index >= 15 is 0 Å². The van der Waals surface area contributed by atoms with Gasteiger partial charge in [-0.25, -0.2) is 58.9 Å². The first kappa shape index (κ1) is 86.8. The SMILES string of the molecule is CCC/C(=N/OCC)C1=C(O)CC(CC(C)SCC)CC1=O.CCOC(=O)C1=NN(c2ccc(Cl)cc2Cl)C(C)(C(=O)OCC)C1.COC(=O)c1ccc(CNS(C)(=O)=O)cc1S(=O)(=O)NC(=O)Nc1nc(OC)cc(OC)n1.Cc1[nH]n(C)c(=O)c1C(=O)c1ccc(C(F)(F)F)cc1S(C)(=O)=O.